The van der Waals surface area contributed by atoms with Gasteiger partial charge in [-0.25, -0.2) is 4.98 Å². The van der Waals surface area contributed by atoms with Gasteiger partial charge in [0.05, 0.1) is 6.20 Å². The van der Waals surface area contributed by atoms with Crippen molar-refractivity contribution in [1.82, 2.24) is 9.97 Å². The Kier molecular flexibility index (Phi) is 2.57. The topological polar surface area (TPSA) is 52.5 Å². The lowest BCUT2D eigenvalue weighted by Gasteiger charge is -2.00. The molecule has 1 aromatic heterocycles. The van der Waals surface area contributed by atoms with Crippen molar-refractivity contribution >= 4 is 12.2 Å². The Morgan fingerprint density at radius 3 is 2.60 bits per heavy atom. The van der Waals surface area contributed by atoms with Gasteiger partial charge in [0.25, 0.3) is 0 Å². The molecule has 2 rings (SSSR count). The van der Waals surface area contributed by atoms with E-state index in [1.54, 1.807) is 0 Å². The van der Waals surface area contributed by atoms with Crippen LogP contribution in [0.25, 0.3) is 11.4 Å². The summed E-state index contributed by atoms with van der Waals surface area (Å²) in [6.45, 7) is 0. The molecule has 0 radical (unpaired) electrons. The average molecular weight is 213 g/mol. The van der Waals surface area contributed by atoms with Gasteiger partial charge in [0, 0.05) is 5.56 Å². The molecule has 15 heavy (non-hydrogen) atoms. The van der Waals surface area contributed by atoms with Crippen LogP contribution in [-0.4, -0.2) is 9.97 Å². The predicted molar refractivity (Wildman–Crippen MR) is 59.6 cm³/mol. The number of benzene rings is 1. The van der Waals surface area contributed by atoms with Gasteiger partial charge in [-0.05, 0) is 0 Å². The van der Waals surface area contributed by atoms with Crippen LogP contribution >= 0.6 is 12.2 Å². The molecule has 0 bridgehead atoms. The first-order valence-corrected chi connectivity index (χ1v) is 4.77. The third-order valence-corrected chi connectivity index (χ3v) is 2.29. The van der Waals surface area contributed by atoms with Crippen molar-refractivity contribution in [3.05, 3.63) is 46.7 Å². The molecule has 1 N–H and O–H groups in total. The summed E-state index contributed by atoms with van der Waals surface area (Å²) in [7, 11) is 0. The van der Waals surface area contributed by atoms with Crippen LogP contribution in [0.2, 0.25) is 0 Å². The van der Waals surface area contributed by atoms with Crippen LogP contribution in [-0.2, 0) is 0 Å². The normalized spacial score (nSPS) is 9.53. The molecule has 0 aliphatic rings. The van der Waals surface area contributed by atoms with Gasteiger partial charge in [0.1, 0.15) is 22.1 Å². The van der Waals surface area contributed by atoms with Crippen LogP contribution in [0.1, 0.15) is 5.56 Å². The molecule has 0 amide bonds. The Balaban J connectivity index is 2.54. The van der Waals surface area contributed by atoms with E-state index in [-0.39, 0.29) is 0 Å². The Bertz CT molecular complexity index is 566. The Morgan fingerprint density at radius 1 is 1.27 bits per heavy atom. The molecule has 72 valence electrons. The van der Waals surface area contributed by atoms with Crippen molar-refractivity contribution in [1.29, 1.82) is 5.26 Å². The number of hydrogen-bond donors (Lipinski definition) is 1. The maximum Gasteiger partial charge on any atom is 0.138 e. The van der Waals surface area contributed by atoms with Crippen LogP contribution in [0, 0.1) is 16.0 Å². The van der Waals surface area contributed by atoms with Crippen LogP contribution in [0.15, 0.2) is 36.5 Å². The highest BCUT2D eigenvalue weighted by Gasteiger charge is 2.00. The summed E-state index contributed by atoms with van der Waals surface area (Å²) < 4.78 is 0.423. The van der Waals surface area contributed by atoms with Gasteiger partial charge in [-0.15, -0.1) is 0 Å². The SMILES string of the molecule is N#Cc1cnc(-c2ccccc2)[nH]c1=S. The molecule has 3 nitrogen and oxygen atoms in total. The van der Waals surface area contributed by atoms with Crippen molar-refractivity contribution in [2.24, 2.45) is 0 Å². The second-order valence-corrected chi connectivity index (χ2v) is 3.36. The minimum absolute atomic E-state index is 0.393. The highest BCUT2D eigenvalue weighted by Crippen LogP contribution is 2.13. The van der Waals surface area contributed by atoms with E-state index in [0.29, 0.717) is 16.0 Å². The van der Waals surface area contributed by atoms with E-state index < -0.39 is 0 Å². The molecule has 0 spiro atoms. The van der Waals surface area contributed by atoms with E-state index in [4.69, 9.17) is 17.5 Å². The molecule has 0 saturated heterocycles. The molecule has 1 heterocycles. The fourth-order valence-corrected chi connectivity index (χ4v) is 1.41. The maximum absolute atomic E-state index is 8.70. The molecule has 0 atom stereocenters. The standard InChI is InChI=1S/C11H7N3S/c12-6-9-7-13-10(14-11(9)15)8-4-2-1-3-5-8/h1-5,7H,(H,13,14,15). The molecule has 0 unspecified atom stereocenters. The molecule has 0 saturated carbocycles. The predicted octanol–water partition coefficient (Wildman–Crippen LogP) is 2.68. The summed E-state index contributed by atoms with van der Waals surface area (Å²) in [5, 5.41) is 8.70. The largest absolute Gasteiger partial charge is 0.330 e. The van der Waals surface area contributed by atoms with Gasteiger partial charge in [0.2, 0.25) is 0 Å². The van der Waals surface area contributed by atoms with E-state index in [0.717, 1.165) is 5.56 Å². The smallest absolute Gasteiger partial charge is 0.138 e. The van der Waals surface area contributed by atoms with Gasteiger partial charge in [0.15, 0.2) is 0 Å². The third kappa shape index (κ3) is 1.92. The molecule has 0 aliphatic carbocycles. The third-order valence-electron chi connectivity index (χ3n) is 1.97. The fraction of sp³-hybridized carbons (Fsp3) is 0. The van der Waals surface area contributed by atoms with Gasteiger partial charge in [-0.1, -0.05) is 42.5 Å². The van der Waals surface area contributed by atoms with Gasteiger partial charge < -0.3 is 4.98 Å². The summed E-state index contributed by atoms with van der Waals surface area (Å²) in [4.78, 5) is 7.06. The summed E-state index contributed by atoms with van der Waals surface area (Å²) in [5.74, 6) is 0.680. The van der Waals surface area contributed by atoms with Gasteiger partial charge >= 0.3 is 0 Å². The summed E-state index contributed by atoms with van der Waals surface area (Å²) in [5.41, 5.74) is 1.35. The van der Waals surface area contributed by atoms with Gasteiger partial charge in [-0.3, -0.25) is 0 Å². The Hall–Kier alpha value is -1.99. The van der Waals surface area contributed by atoms with Crippen LogP contribution < -0.4 is 0 Å². The first-order chi connectivity index (χ1) is 7.31. The van der Waals surface area contributed by atoms with Crippen molar-refractivity contribution in [3.63, 3.8) is 0 Å². The van der Waals surface area contributed by atoms with E-state index >= 15 is 0 Å². The summed E-state index contributed by atoms with van der Waals surface area (Å²) in [6, 6.07) is 11.6. The lowest BCUT2D eigenvalue weighted by Crippen LogP contribution is -1.91. The first-order valence-electron chi connectivity index (χ1n) is 4.36. The number of aromatic amines is 1. The van der Waals surface area contributed by atoms with Crippen molar-refractivity contribution in [2.45, 2.75) is 0 Å². The molecule has 0 fully saturated rings. The van der Waals surface area contributed by atoms with Crippen molar-refractivity contribution in [3.8, 4) is 17.5 Å². The lowest BCUT2D eigenvalue weighted by atomic mass is 10.2. The molecule has 0 aliphatic heterocycles. The molecular formula is C11H7N3S. The summed E-state index contributed by atoms with van der Waals surface area (Å²) in [6.07, 6.45) is 1.49. The fourth-order valence-electron chi connectivity index (χ4n) is 1.22. The number of nitriles is 1. The Labute approximate surface area is 92.0 Å². The van der Waals surface area contributed by atoms with Crippen LogP contribution in [0.3, 0.4) is 0 Å². The molecule has 4 heteroatoms. The second-order valence-electron chi connectivity index (χ2n) is 2.95. The van der Waals surface area contributed by atoms with E-state index in [9.17, 15) is 0 Å². The van der Waals surface area contributed by atoms with E-state index in [1.807, 2.05) is 36.4 Å². The van der Waals surface area contributed by atoms with Gasteiger partial charge in [-0.2, -0.15) is 5.26 Å². The highest BCUT2D eigenvalue weighted by molar-refractivity contribution is 7.71. The minimum Gasteiger partial charge on any atom is -0.330 e. The number of nitrogens with one attached hydrogen (secondary N) is 1. The van der Waals surface area contributed by atoms with Crippen molar-refractivity contribution in [2.75, 3.05) is 0 Å². The molecule has 1 aromatic carbocycles. The first kappa shape index (κ1) is 9.56. The number of rotatable bonds is 1. The monoisotopic (exact) mass is 213 g/mol. The number of nitrogens with zero attached hydrogens (tertiary/aromatic N) is 2. The zero-order valence-corrected chi connectivity index (χ0v) is 8.58. The molecule has 2 aromatic rings. The van der Waals surface area contributed by atoms with E-state index in [2.05, 4.69) is 9.97 Å². The maximum atomic E-state index is 8.70. The second kappa shape index (κ2) is 4.03. The number of H-pyrrole nitrogens is 1. The minimum atomic E-state index is 0.393. The van der Waals surface area contributed by atoms with Crippen molar-refractivity contribution < 1.29 is 0 Å². The molecular weight excluding hydrogens is 206 g/mol. The van der Waals surface area contributed by atoms with Crippen LogP contribution in [0.4, 0.5) is 0 Å². The number of aromatic nitrogens is 2. The average Bonchev–Trinajstić information content (AvgIpc) is 2.30. The van der Waals surface area contributed by atoms with Crippen LogP contribution in [0.5, 0.6) is 0 Å². The zero-order valence-electron chi connectivity index (χ0n) is 7.77. The Morgan fingerprint density at radius 2 is 2.00 bits per heavy atom. The number of hydrogen-bond acceptors (Lipinski definition) is 3. The highest BCUT2D eigenvalue weighted by atomic mass is 32.1. The summed E-state index contributed by atoms with van der Waals surface area (Å²) >= 11 is 5.02. The lowest BCUT2D eigenvalue weighted by molar-refractivity contribution is 1.14. The van der Waals surface area contributed by atoms with E-state index in [1.165, 1.54) is 6.20 Å². The zero-order chi connectivity index (χ0) is 10.7. The quantitative estimate of drug-likeness (QED) is 0.741.